The standard InChI is InChI=1S/C14H26N2O3/c1-4-5-15-13-9-18-8-12(13)14(17)16-6-10(2)19-11(3)7-16/h10-13,15H,4-9H2,1-3H3. The minimum absolute atomic E-state index is 0.0379. The van der Waals surface area contributed by atoms with E-state index in [4.69, 9.17) is 9.47 Å². The number of hydrogen-bond donors (Lipinski definition) is 1. The molecule has 0 radical (unpaired) electrons. The summed E-state index contributed by atoms with van der Waals surface area (Å²) in [5.41, 5.74) is 0. The molecule has 0 aromatic carbocycles. The van der Waals surface area contributed by atoms with Crippen LogP contribution in [0.1, 0.15) is 27.2 Å². The van der Waals surface area contributed by atoms with E-state index in [0.29, 0.717) is 26.3 Å². The minimum Gasteiger partial charge on any atom is -0.379 e. The van der Waals surface area contributed by atoms with Crippen molar-refractivity contribution in [2.45, 2.75) is 45.4 Å². The van der Waals surface area contributed by atoms with Crippen molar-refractivity contribution in [2.75, 3.05) is 32.8 Å². The van der Waals surface area contributed by atoms with Crippen molar-refractivity contribution in [1.82, 2.24) is 10.2 Å². The van der Waals surface area contributed by atoms with Crippen LogP contribution in [0.25, 0.3) is 0 Å². The Morgan fingerprint density at radius 3 is 2.58 bits per heavy atom. The predicted octanol–water partition coefficient (Wildman–Crippen LogP) is 0.637. The Balaban J connectivity index is 1.94. The van der Waals surface area contributed by atoms with Gasteiger partial charge in [-0.15, -0.1) is 0 Å². The molecule has 0 aromatic heterocycles. The number of carbonyl (C=O) groups excluding carboxylic acids is 1. The molecule has 1 amide bonds. The maximum absolute atomic E-state index is 12.6. The molecule has 0 aromatic rings. The Morgan fingerprint density at radius 2 is 1.95 bits per heavy atom. The number of rotatable bonds is 4. The molecule has 1 N–H and O–H groups in total. The van der Waals surface area contributed by atoms with E-state index in [1.807, 2.05) is 18.7 Å². The van der Waals surface area contributed by atoms with Gasteiger partial charge in [-0.25, -0.2) is 0 Å². The molecular formula is C14H26N2O3. The summed E-state index contributed by atoms with van der Waals surface area (Å²) in [7, 11) is 0. The molecule has 0 spiro atoms. The van der Waals surface area contributed by atoms with Gasteiger partial charge in [-0.05, 0) is 26.8 Å². The van der Waals surface area contributed by atoms with E-state index >= 15 is 0 Å². The molecule has 19 heavy (non-hydrogen) atoms. The molecule has 4 unspecified atom stereocenters. The third-order valence-corrected chi connectivity index (χ3v) is 3.79. The molecule has 2 aliphatic heterocycles. The SMILES string of the molecule is CCCNC1COCC1C(=O)N1CC(C)OC(C)C1. The topological polar surface area (TPSA) is 50.8 Å². The fourth-order valence-corrected chi connectivity index (χ4v) is 2.92. The van der Waals surface area contributed by atoms with E-state index in [2.05, 4.69) is 12.2 Å². The van der Waals surface area contributed by atoms with Crippen LogP contribution in [0.5, 0.6) is 0 Å². The van der Waals surface area contributed by atoms with Crippen molar-refractivity contribution in [3.63, 3.8) is 0 Å². The van der Waals surface area contributed by atoms with E-state index in [1.54, 1.807) is 0 Å². The van der Waals surface area contributed by atoms with Crippen molar-refractivity contribution in [2.24, 2.45) is 5.92 Å². The highest BCUT2D eigenvalue weighted by molar-refractivity contribution is 5.80. The molecule has 0 bridgehead atoms. The van der Waals surface area contributed by atoms with Crippen molar-refractivity contribution in [3.05, 3.63) is 0 Å². The van der Waals surface area contributed by atoms with Gasteiger partial charge in [-0.2, -0.15) is 0 Å². The smallest absolute Gasteiger partial charge is 0.229 e. The Morgan fingerprint density at radius 1 is 1.26 bits per heavy atom. The van der Waals surface area contributed by atoms with Crippen LogP contribution in [0, 0.1) is 5.92 Å². The first-order chi connectivity index (χ1) is 9.11. The molecule has 110 valence electrons. The van der Waals surface area contributed by atoms with Crippen molar-refractivity contribution in [3.8, 4) is 0 Å². The van der Waals surface area contributed by atoms with Gasteiger partial charge in [-0.3, -0.25) is 4.79 Å². The van der Waals surface area contributed by atoms with E-state index in [9.17, 15) is 4.79 Å². The lowest BCUT2D eigenvalue weighted by atomic mass is 10.0. The molecular weight excluding hydrogens is 244 g/mol. The highest BCUT2D eigenvalue weighted by atomic mass is 16.5. The van der Waals surface area contributed by atoms with Crippen molar-refractivity contribution in [1.29, 1.82) is 0 Å². The van der Waals surface area contributed by atoms with Crippen molar-refractivity contribution >= 4 is 5.91 Å². The van der Waals surface area contributed by atoms with Crippen molar-refractivity contribution < 1.29 is 14.3 Å². The summed E-state index contributed by atoms with van der Waals surface area (Å²) in [5.74, 6) is 0.178. The van der Waals surface area contributed by atoms with E-state index in [0.717, 1.165) is 13.0 Å². The number of hydrogen-bond acceptors (Lipinski definition) is 4. The van der Waals surface area contributed by atoms with Crippen LogP contribution in [0.15, 0.2) is 0 Å². The average Bonchev–Trinajstić information content (AvgIpc) is 2.82. The molecule has 4 atom stereocenters. The summed E-state index contributed by atoms with van der Waals surface area (Å²) >= 11 is 0. The fourth-order valence-electron chi connectivity index (χ4n) is 2.92. The van der Waals surface area contributed by atoms with Gasteiger partial charge in [0.1, 0.15) is 0 Å². The summed E-state index contributed by atoms with van der Waals surface area (Å²) in [6.45, 7) is 9.69. The summed E-state index contributed by atoms with van der Waals surface area (Å²) in [6, 6.07) is 0.168. The Labute approximate surface area is 115 Å². The number of ether oxygens (including phenoxy) is 2. The first kappa shape index (κ1) is 14.8. The third kappa shape index (κ3) is 3.68. The normalized spacial score (nSPS) is 35.6. The lowest BCUT2D eigenvalue weighted by Gasteiger charge is -2.37. The molecule has 2 saturated heterocycles. The van der Waals surface area contributed by atoms with Crippen LogP contribution in [0.3, 0.4) is 0 Å². The van der Waals surface area contributed by atoms with E-state index in [1.165, 1.54) is 0 Å². The second kappa shape index (κ2) is 6.68. The summed E-state index contributed by atoms with van der Waals surface area (Å²) < 4.78 is 11.2. The lowest BCUT2D eigenvalue weighted by molar-refractivity contribution is -0.147. The first-order valence-electron chi connectivity index (χ1n) is 7.37. The van der Waals surface area contributed by atoms with Crippen LogP contribution in [-0.2, 0) is 14.3 Å². The Hall–Kier alpha value is -0.650. The van der Waals surface area contributed by atoms with Gasteiger partial charge in [0.05, 0.1) is 31.3 Å². The van der Waals surface area contributed by atoms with Crippen LogP contribution in [0.2, 0.25) is 0 Å². The molecule has 0 saturated carbocycles. The van der Waals surface area contributed by atoms with Crippen LogP contribution >= 0.6 is 0 Å². The first-order valence-corrected chi connectivity index (χ1v) is 7.37. The lowest BCUT2D eigenvalue weighted by Crippen LogP contribution is -2.53. The summed E-state index contributed by atoms with van der Waals surface area (Å²) in [5, 5.41) is 3.42. The number of amides is 1. The molecule has 0 aliphatic carbocycles. The second-order valence-electron chi connectivity index (χ2n) is 5.71. The van der Waals surface area contributed by atoms with Crippen LogP contribution < -0.4 is 5.32 Å². The number of nitrogens with zero attached hydrogens (tertiary/aromatic N) is 1. The highest BCUT2D eigenvalue weighted by Crippen LogP contribution is 2.20. The van der Waals surface area contributed by atoms with Crippen LogP contribution in [0.4, 0.5) is 0 Å². The second-order valence-corrected chi connectivity index (χ2v) is 5.71. The molecule has 5 nitrogen and oxygen atoms in total. The quantitative estimate of drug-likeness (QED) is 0.814. The largest absolute Gasteiger partial charge is 0.379 e. The minimum atomic E-state index is -0.0379. The Kier molecular flexibility index (Phi) is 5.19. The summed E-state index contributed by atoms with van der Waals surface area (Å²) in [6.07, 6.45) is 1.32. The fraction of sp³-hybridized carbons (Fsp3) is 0.929. The number of carbonyl (C=O) groups is 1. The van der Waals surface area contributed by atoms with Crippen LogP contribution in [-0.4, -0.2) is 61.9 Å². The van der Waals surface area contributed by atoms with Gasteiger partial charge >= 0.3 is 0 Å². The molecule has 2 fully saturated rings. The zero-order valence-corrected chi connectivity index (χ0v) is 12.2. The zero-order chi connectivity index (χ0) is 13.8. The molecule has 2 aliphatic rings. The Bertz CT molecular complexity index is 301. The number of morpholine rings is 1. The number of nitrogens with one attached hydrogen (secondary N) is 1. The zero-order valence-electron chi connectivity index (χ0n) is 12.2. The van der Waals surface area contributed by atoms with Gasteiger partial charge < -0.3 is 19.7 Å². The average molecular weight is 270 g/mol. The van der Waals surface area contributed by atoms with Gasteiger partial charge in [0, 0.05) is 19.1 Å². The maximum atomic E-state index is 12.6. The van der Waals surface area contributed by atoms with Gasteiger partial charge in [0.25, 0.3) is 0 Å². The highest BCUT2D eigenvalue weighted by Gasteiger charge is 2.38. The van der Waals surface area contributed by atoms with E-state index < -0.39 is 0 Å². The molecule has 5 heteroatoms. The maximum Gasteiger partial charge on any atom is 0.229 e. The monoisotopic (exact) mass is 270 g/mol. The van der Waals surface area contributed by atoms with Gasteiger partial charge in [0.15, 0.2) is 0 Å². The van der Waals surface area contributed by atoms with E-state index in [-0.39, 0.29) is 30.1 Å². The van der Waals surface area contributed by atoms with Gasteiger partial charge in [-0.1, -0.05) is 6.92 Å². The summed E-state index contributed by atoms with van der Waals surface area (Å²) in [4.78, 5) is 14.6. The molecule has 2 rings (SSSR count). The molecule has 2 heterocycles. The predicted molar refractivity (Wildman–Crippen MR) is 73.0 cm³/mol. The third-order valence-electron chi connectivity index (χ3n) is 3.79. The van der Waals surface area contributed by atoms with Gasteiger partial charge in [0.2, 0.25) is 5.91 Å².